The Labute approximate surface area is 85.3 Å². The van der Waals surface area contributed by atoms with Crippen LogP contribution in [0.15, 0.2) is 12.2 Å². The molecule has 1 heterocycles. The van der Waals surface area contributed by atoms with Crippen LogP contribution in [-0.4, -0.2) is 37.3 Å². The number of nitrogens with zero attached hydrogens (tertiary/aromatic N) is 1. The molecule has 0 spiro atoms. The van der Waals surface area contributed by atoms with E-state index in [2.05, 4.69) is 12.6 Å². The number of rotatable bonds is 3. The molecule has 0 N–H and O–H groups in total. The van der Waals surface area contributed by atoms with E-state index in [1.165, 1.54) is 4.31 Å². The van der Waals surface area contributed by atoms with Gasteiger partial charge in [-0.2, -0.15) is 16.9 Å². The minimum absolute atomic E-state index is 0.259. The second kappa shape index (κ2) is 4.48. The third-order valence-corrected chi connectivity index (χ3v) is 4.27. The molecule has 3 nitrogen and oxygen atoms in total. The summed E-state index contributed by atoms with van der Waals surface area (Å²) >= 11 is 4.00. The standard InChI is InChI=1S/C8H15NO2S2/c1-8-6-9(4-2-3-5-12)13(10,11)7-8/h2-3,8,12H,4-7H2,1H3/b3-2+. The molecule has 1 atom stereocenters. The lowest BCUT2D eigenvalue weighted by Gasteiger charge is -2.10. The lowest BCUT2D eigenvalue weighted by atomic mass is 10.2. The van der Waals surface area contributed by atoms with Gasteiger partial charge in [-0.25, -0.2) is 8.42 Å². The van der Waals surface area contributed by atoms with Crippen molar-refractivity contribution in [2.24, 2.45) is 5.92 Å². The van der Waals surface area contributed by atoms with Crippen LogP contribution in [0.3, 0.4) is 0 Å². The van der Waals surface area contributed by atoms with Crippen LogP contribution in [0.2, 0.25) is 0 Å². The van der Waals surface area contributed by atoms with E-state index in [9.17, 15) is 8.42 Å². The molecule has 76 valence electrons. The zero-order valence-electron chi connectivity index (χ0n) is 7.68. The van der Waals surface area contributed by atoms with E-state index in [-0.39, 0.29) is 5.92 Å². The fourth-order valence-electron chi connectivity index (χ4n) is 1.43. The van der Waals surface area contributed by atoms with E-state index in [1.807, 2.05) is 19.1 Å². The number of thiol groups is 1. The van der Waals surface area contributed by atoms with E-state index in [0.29, 0.717) is 24.6 Å². The van der Waals surface area contributed by atoms with Crippen LogP contribution in [-0.2, 0) is 10.0 Å². The van der Waals surface area contributed by atoms with Gasteiger partial charge in [0.2, 0.25) is 10.0 Å². The van der Waals surface area contributed by atoms with Crippen molar-refractivity contribution in [1.29, 1.82) is 0 Å². The summed E-state index contributed by atoms with van der Waals surface area (Å²) < 4.78 is 24.4. The summed E-state index contributed by atoms with van der Waals surface area (Å²) in [5.74, 6) is 1.21. The predicted molar refractivity (Wildman–Crippen MR) is 57.5 cm³/mol. The summed E-state index contributed by atoms with van der Waals surface area (Å²) in [7, 11) is -2.96. The first-order chi connectivity index (χ1) is 6.06. The average Bonchev–Trinajstić information content (AvgIpc) is 2.25. The molecular weight excluding hydrogens is 206 g/mol. The molecule has 13 heavy (non-hydrogen) atoms. The van der Waals surface area contributed by atoms with Gasteiger partial charge in [0.05, 0.1) is 5.75 Å². The summed E-state index contributed by atoms with van der Waals surface area (Å²) in [5.41, 5.74) is 0. The smallest absolute Gasteiger partial charge is 0.212 e. The van der Waals surface area contributed by atoms with Crippen LogP contribution in [0.1, 0.15) is 6.92 Å². The molecule has 1 saturated heterocycles. The lowest BCUT2D eigenvalue weighted by molar-refractivity contribution is 0.446. The fourth-order valence-corrected chi connectivity index (χ4v) is 3.41. The van der Waals surface area contributed by atoms with Crippen molar-refractivity contribution in [1.82, 2.24) is 4.31 Å². The van der Waals surface area contributed by atoms with Gasteiger partial charge in [-0.3, -0.25) is 0 Å². The van der Waals surface area contributed by atoms with Gasteiger partial charge in [-0.1, -0.05) is 19.1 Å². The van der Waals surface area contributed by atoms with Crippen molar-refractivity contribution in [2.75, 3.05) is 24.6 Å². The highest BCUT2D eigenvalue weighted by atomic mass is 32.2. The van der Waals surface area contributed by atoms with Crippen LogP contribution >= 0.6 is 12.6 Å². The van der Waals surface area contributed by atoms with Crippen LogP contribution in [0.5, 0.6) is 0 Å². The van der Waals surface area contributed by atoms with Crippen molar-refractivity contribution < 1.29 is 8.42 Å². The summed E-state index contributed by atoms with van der Waals surface area (Å²) in [4.78, 5) is 0. The first-order valence-electron chi connectivity index (χ1n) is 4.30. The van der Waals surface area contributed by atoms with Gasteiger partial charge in [-0.05, 0) is 5.92 Å². The Morgan fingerprint density at radius 1 is 1.54 bits per heavy atom. The third-order valence-electron chi connectivity index (χ3n) is 1.98. The van der Waals surface area contributed by atoms with E-state index >= 15 is 0 Å². The molecule has 0 aromatic rings. The zero-order chi connectivity index (χ0) is 9.90. The average molecular weight is 221 g/mol. The van der Waals surface area contributed by atoms with Gasteiger partial charge >= 0.3 is 0 Å². The van der Waals surface area contributed by atoms with Gasteiger partial charge in [0.1, 0.15) is 0 Å². The molecule has 1 unspecified atom stereocenters. The molecule has 0 amide bonds. The Kier molecular flexibility index (Phi) is 3.82. The van der Waals surface area contributed by atoms with Crippen molar-refractivity contribution >= 4 is 22.7 Å². The van der Waals surface area contributed by atoms with Gasteiger partial charge in [0, 0.05) is 18.8 Å². The van der Waals surface area contributed by atoms with E-state index < -0.39 is 10.0 Å². The molecule has 5 heteroatoms. The van der Waals surface area contributed by atoms with Gasteiger partial charge in [-0.15, -0.1) is 0 Å². The molecule has 0 aromatic heterocycles. The second-order valence-electron chi connectivity index (χ2n) is 3.35. The summed E-state index contributed by atoms with van der Waals surface area (Å²) in [5, 5.41) is 0. The normalized spacial score (nSPS) is 28.6. The third kappa shape index (κ3) is 3.00. The monoisotopic (exact) mass is 221 g/mol. The van der Waals surface area contributed by atoms with E-state index in [4.69, 9.17) is 0 Å². The Hall–Kier alpha value is -0.000000000000000111. The molecule has 1 aliphatic rings. The number of sulfonamides is 1. The van der Waals surface area contributed by atoms with E-state index in [0.717, 1.165) is 0 Å². The maximum absolute atomic E-state index is 11.4. The Morgan fingerprint density at radius 2 is 2.23 bits per heavy atom. The Morgan fingerprint density at radius 3 is 2.69 bits per heavy atom. The van der Waals surface area contributed by atoms with Crippen molar-refractivity contribution in [3.05, 3.63) is 12.2 Å². The fraction of sp³-hybridized carbons (Fsp3) is 0.750. The summed E-state index contributed by atoms with van der Waals surface area (Å²) in [6, 6.07) is 0. The molecule has 0 radical (unpaired) electrons. The Balaban J connectivity index is 2.56. The Bertz CT molecular complexity index is 285. The number of hydrogen-bond acceptors (Lipinski definition) is 3. The molecule has 0 aromatic carbocycles. The highest BCUT2D eigenvalue weighted by Gasteiger charge is 2.32. The molecule has 0 bridgehead atoms. The maximum Gasteiger partial charge on any atom is 0.214 e. The van der Waals surface area contributed by atoms with Crippen LogP contribution < -0.4 is 0 Å². The van der Waals surface area contributed by atoms with Crippen molar-refractivity contribution in [2.45, 2.75) is 6.92 Å². The second-order valence-corrected chi connectivity index (χ2v) is 5.73. The maximum atomic E-state index is 11.4. The van der Waals surface area contributed by atoms with Gasteiger partial charge in [0.15, 0.2) is 0 Å². The van der Waals surface area contributed by atoms with Crippen LogP contribution in [0, 0.1) is 5.92 Å². The summed E-state index contributed by atoms with van der Waals surface area (Å²) in [6.45, 7) is 3.10. The largest absolute Gasteiger partial charge is 0.214 e. The van der Waals surface area contributed by atoms with Crippen molar-refractivity contribution in [3.63, 3.8) is 0 Å². The topological polar surface area (TPSA) is 37.4 Å². The first kappa shape index (κ1) is 11.1. The SMILES string of the molecule is CC1CN(C/C=C/CS)S(=O)(=O)C1. The van der Waals surface area contributed by atoms with Gasteiger partial charge in [0.25, 0.3) is 0 Å². The lowest BCUT2D eigenvalue weighted by Crippen LogP contribution is -2.25. The quantitative estimate of drug-likeness (QED) is 0.564. The van der Waals surface area contributed by atoms with Gasteiger partial charge < -0.3 is 0 Å². The van der Waals surface area contributed by atoms with Crippen molar-refractivity contribution in [3.8, 4) is 0 Å². The molecule has 1 aliphatic heterocycles. The minimum Gasteiger partial charge on any atom is -0.212 e. The molecular formula is C8H15NO2S2. The summed E-state index contributed by atoms with van der Waals surface area (Å²) in [6.07, 6.45) is 3.71. The highest BCUT2D eigenvalue weighted by molar-refractivity contribution is 7.89. The van der Waals surface area contributed by atoms with Crippen LogP contribution in [0.25, 0.3) is 0 Å². The van der Waals surface area contributed by atoms with E-state index in [1.54, 1.807) is 0 Å². The highest BCUT2D eigenvalue weighted by Crippen LogP contribution is 2.18. The minimum atomic E-state index is -2.96. The molecule has 0 saturated carbocycles. The molecule has 0 aliphatic carbocycles. The molecule has 1 rings (SSSR count). The number of hydrogen-bond donors (Lipinski definition) is 1. The molecule has 1 fully saturated rings. The zero-order valence-corrected chi connectivity index (χ0v) is 9.39. The predicted octanol–water partition coefficient (Wildman–Crippen LogP) is 0.754. The van der Waals surface area contributed by atoms with Crippen LogP contribution in [0.4, 0.5) is 0 Å². The first-order valence-corrected chi connectivity index (χ1v) is 6.54.